The Morgan fingerprint density at radius 3 is 2.41 bits per heavy atom. The minimum absolute atomic E-state index is 0.00409. The van der Waals surface area contributed by atoms with Gasteiger partial charge in [-0.15, -0.1) is 0 Å². The van der Waals surface area contributed by atoms with Crippen LogP contribution in [0, 0.1) is 0 Å². The molecule has 3 aromatic rings. The summed E-state index contributed by atoms with van der Waals surface area (Å²) in [6.07, 6.45) is 0. The van der Waals surface area contributed by atoms with E-state index < -0.39 is 15.9 Å². The molecule has 3 aromatic carbocycles. The number of nitrogens with zero attached hydrogens (tertiary/aromatic N) is 1. The van der Waals surface area contributed by atoms with Crippen molar-refractivity contribution in [1.82, 2.24) is 4.31 Å². The average Bonchev–Trinajstić information content (AvgIpc) is 3.23. The van der Waals surface area contributed by atoms with E-state index in [-0.39, 0.29) is 24.8 Å². The number of hydrogen-bond acceptors (Lipinski definition) is 5. The second kappa shape index (κ2) is 9.50. The molecule has 0 bridgehead atoms. The fourth-order valence-electron chi connectivity index (χ4n) is 3.11. The molecule has 0 fully saturated rings. The van der Waals surface area contributed by atoms with Gasteiger partial charge in [0.25, 0.3) is 0 Å². The van der Waals surface area contributed by atoms with E-state index in [0.29, 0.717) is 27.8 Å². The molecular formula is C22H18BrClN2O5S. The van der Waals surface area contributed by atoms with Crippen molar-refractivity contribution in [2.24, 2.45) is 0 Å². The van der Waals surface area contributed by atoms with Crippen LogP contribution in [0.15, 0.2) is 76.1 Å². The molecule has 0 saturated heterocycles. The fraction of sp³-hybridized carbons (Fsp3) is 0.136. The van der Waals surface area contributed by atoms with E-state index in [4.69, 9.17) is 21.1 Å². The highest BCUT2D eigenvalue weighted by Crippen LogP contribution is 2.34. The summed E-state index contributed by atoms with van der Waals surface area (Å²) in [4.78, 5) is 12.9. The van der Waals surface area contributed by atoms with Crippen molar-refractivity contribution >= 4 is 49.1 Å². The first-order valence-electron chi connectivity index (χ1n) is 9.51. The van der Waals surface area contributed by atoms with Gasteiger partial charge in [0.2, 0.25) is 22.7 Å². The van der Waals surface area contributed by atoms with Crippen molar-refractivity contribution in [3.05, 3.63) is 81.8 Å². The summed E-state index contributed by atoms with van der Waals surface area (Å²) in [5.41, 5.74) is 1.18. The van der Waals surface area contributed by atoms with Gasteiger partial charge in [-0.1, -0.05) is 39.7 Å². The standard InChI is InChI=1S/C22H18BrClN2O5S/c23-16-3-8-19(9-4-16)32(28,29)26(12-15-1-5-17(24)6-2-15)13-22(27)25-18-7-10-20-21(11-18)31-14-30-20/h1-11H,12-14H2,(H,25,27). The number of anilines is 1. The van der Waals surface area contributed by atoms with E-state index in [2.05, 4.69) is 21.2 Å². The third-order valence-electron chi connectivity index (χ3n) is 4.70. The summed E-state index contributed by atoms with van der Waals surface area (Å²) in [5.74, 6) is 0.618. The van der Waals surface area contributed by atoms with E-state index in [9.17, 15) is 13.2 Å². The van der Waals surface area contributed by atoms with Crippen molar-refractivity contribution in [2.45, 2.75) is 11.4 Å². The summed E-state index contributed by atoms with van der Waals surface area (Å²) in [7, 11) is -3.95. The largest absolute Gasteiger partial charge is 0.454 e. The molecule has 1 aliphatic heterocycles. The first-order chi connectivity index (χ1) is 15.3. The number of carbonyl (C=O) groups is 1. The third kappa shape index (κ3) is 5.24. The van der Waals surface area contributed by atoms with Gasteiger partial charge in [0.05, 0.1) is 11.4 Å². The van der Waals surface area contributed by atoms with Crippen LogP contribution in [0.25, 0.3) is 0 Å². The van der Waals surface area contributed by atoms with Crippen molar-refractivity contribution in [2.75, 3.05) is 18.7 Å². The third-order valence-corrected chi connectivity index (χ3v) is 7.29. The summed E-state index contributed by atoms with van der Waals surface area (Å²) < 4.78 is 39.1. The molecule has 1 aliphatic rings. The summed E-state index contributed by atoms with van der Waals surface area (Å²) in [5, 5.41) is 3.26. The number of sulfonamides is 1. The highest BCUT2D eigenvalue weighted by Gasteiger charge is 2.27. The Bertz CT molecular complexity index is 1230. The van der Waals surface area contributed by atoms with Crippen LogP contribution in [-0.4, -0.2) is 32.0 Å². The Balaban J connectivity index is 1.57. The van der Waals surface area contributed by atoms with E-state index in [0.717, 1.165) is 8.78 Å². The maximum absolute atomic E-state index is 13.3. The van der Waals surface area contributed by atoms with Gasteiger partial charge in [0.15, 0.2) is 11.5 Å². The minimum atomic E-state index is -3.95. The van der Waals surface area contributed by atoms with Gasteiger partial charge in [-0.05, 0) is 54.1 Å². The Kier molecular flexibility index (Phi) is 6.71. The molecule has 0 unspecified atom stereocenters. The monoisotopic (exact) mass is 536 g/mol. The lowest BCUT2D eigenvalue weighted by Gasteiger charge is -2.22. The number of halogens is 2. The van der Waals surface area contributed by atoms with Crippen molar-refractivity contribution in [3.8, 4) is 11.5 Å². The number of amides is 1. The Morgan fingerprint density at radius 2 is 1.69 bits per heavy atom. The molecule has 10 heteroatoms. The van der Waals surface area contributed by atoms with Crippen molar-refractivity contribution < 1.29 is 22.7 Å². The Hall–Kier alpha value is -2.59. The van der Waals surface area contributed by atoms with Gasteiger partial charge in [-0.2, -0.15) is 4.31 Å². The average molecular weight is 538 g/mol. The Morgan fingerprint density at radius 1 is 1.00 bits per heavy atom. The number of rotatable bonds is 7. The van der Waals surface area contributed by atoms with Gasteiger partial charge >= 0.3 is 0 Å². The lowest BCUT2D eigenvalue weighted by molar-refractivity contribution is -0.116. The van der Waals surface area contributed by atoms with Crippen LogP contribution in [0.1, 0.15) is 5.56 Å². The molecule has 0 atom stereocenters. The second-order valence-corrected chi connectivity index (χ2v) is 10.3. The molecule has 0 spiro atoms. The SMILES string of the molecule is O=C(CN(Cc1ccc(Cl)cc1)S(=O)(=O)c1ccc(Br)cc1)Nc1ccc2c(c1)OCO2. The molecule has 1 N–H and O–H groups in total. The van der Waals surface area contributed by atoms with Crippen LogP contribution >= 0.6 is 27.5 Å². The van der Waals surface area contributed by atoms with Crippen molar-refractivity contribution in [1.29, 1.82) is 0 Å². The molecule has 0 aliphatic carbocycles. The van der Waals surface area contributed by atoms with Crippen molar-refractivity contribution in [3.63, 3.8) is 0 Å². The number of ether oxygens (including phenoxy) is 2. The molecule has 0 saturated carbocycles. The summed E-state index contributed by atoms with van der Waals surface area (Å²) in [6, 6.07) is 18.0. The second-order valence-electron chi connectivity index (χ2n) is 6.97. The van der Waals surface area contributed by atoms with Crippen LogP contribution in [-0.2, 0) is 21.4 Å². The maximum Gasteiger partial charge on any atom is 0.243 e. The highest BCUT2D eigenvalue weighted by atomic mass is 79.9. The number of carbonyl (C=O) groups excluding carboxylic acids is 1. The van der Waals surface area contributed by atoms with Gasteiger partial charge in [0.1, 0.15) is 0 Å². The van der Waals surface area contributed by atoms with Gasteiger partial charge < -0.3 is 14.8 Å². The molecule has 32 heavy (non-hydrogen) atoms. The van der Waals surface area contributed by atoms with Gasteiger partial charge in [-0.3, -0.25) is 4.79 Å². The molecule has 1 heterocycles. The Labute approximate surface area is 199 Å². The predicted octanol–water partition coefficient (Wildman–Crippen LogP) is 4.66. The predicted molar refractivity (Wildman–Crippen MR) is 124 cm³/mol. The number of fused-ring (bicyclic) bond motifs is 1. The molecule has 0 aromatic heterocycles. The topological polar surface area (TPSA) is 84.9 Å². The highest BCUT2D eigenvalue weighted by molar-refractivity contribution is 9.10. The quantitative estimate of drug-likeness (QED) is 0.474. The van der Waals surface area contributed by atoms with E-state index >= 15 is 0 Å². The summed E-state index contributed by atoms with van der Waals surface area (Å²) >= 11 is 9.25. The van der Waals surface area contributed by atoms with E-state index in [1.165, 1.54) is 12.1 Å². The molecule has 4 rings (SSSR count). The lowest BCUT2D eigenvalue weighted by Crippen LogP contribution is -2.37. The van der Waals surface area contributed by atoms with Crippen LogP contribution in [0.4, 0.5) is 5.69 Å². The van der Waals surface area contributed by atoms with E-state index in [1.807, 2.05) is 0 Å². The van der Waals surface area contributed by atoms with Crippen LogP contribution in [0.5, 0.6) is 11.5 Å². The lowest BCUT2D eigenvalue weighted by atomic mass is 10.2. The first kappa shape index (κ1) is 22.6. The van der Waals surface area contributed by atoms with E-state index in [1.54, 1.807) is 54.6 Å². The molecule has 1 amide bonds. The molecule has 7 nitrogen and oxygen atoms in total. The van der Waals surface area contributed by atoms with Crippen LogP contribution in [0.3, 0.4) is 0 Å². The van der Waals surface area contributed by atoms with Gasteiger partial charge in [-0.25, -0.2) is 8.42 Å². The number of hydrogen-bond donors (Lipinski definition) is 1. The zero-order valence-electron chi connectivity index (χ0n) is 16.6. The molecular weight excluding hydrogens is 520 g/mol. The van der Waals surface area contributed by atoms with Crippen LogP contribution in [0.2, 0.25) is 5.02 Å². The minimum Gasteiger partial charge on any atom is -0.454 e. The number of nitrogens with one attached hydrogen (secondary N) is 1. The van der Waals surface area contributed by atoms with Gasteiger partial charge in [0, 0.05) is 27.8 Å². The fourth-order valence-corrected chi connectivity index (χ4v) is 4.88. The molecule has 0 radical (unpaired) electrons. The molecule has 166 valence electrons. The normalized spacial score (nSPS) is 12.7. The number of benzene rings is 3. The maximum atomic E-state index is 13.3. The zero-order valence-corrected chi connectivity index (χ0v) is 19.8. The van der Waals surface area contributed by atoms with Crippen LogP contribution < -0.4 is 14.8 Å². The zero-order chi connectivity index (χ0) is 22.7. The smallest absolute Gasteiger partial charge is 0.243 e. The summed E-state index contributed by atoms with van der Waals surface area (Å²) in [6.45, 7) is -0.257. The first-order valence-corrected chi connectivity index (χ1v) is 12.1.